The summed E-state index contributed by atoms with van der Waals surface area (Å²) in [5, 5.41) is 0. The highest BCUT2D eigenvalue weighted by Crippen LogP contribution is 2.48. The van der Waals surface area contributed by atoms with Gasteiger partial charge in [-0.1, -0.05) is 17.7 Å². The molecule has 2 aromatic carbocycles. The van der Waals surface area contributed by atoms with Gasteiger partial charge < -0.3 is 23.8 Å². The molecule has 2 heterocycles. The van der Waals surface area contributed by atoms with Crippen LogP contribution in [0.4, 0.5) is 5.69 Å². The Labute approximate surface area is 158 Å². The maximum absolute atomic E-state index is 13.4. The lowest BCUT2D eigenvalue weighted by atomic mass is 10.0. The summed E-state index contributed by atoms with van der Waals surface area (Å²) in [5.74, 6) is -0.216. The second kappa shape index (κ2) is 6.55. The van der Waals surface area contributed by atoms with Gasteiger partial charge in [-0.25, -0.2) is 0 Å². The Balaban J connectivity index is 1.77. The van der Waals surface area contributed by atoms with Crippen molar-refractivity contribution >= 4 is 11.6 Å². The van der Waals surface area contributed by atoms with Crippen LogP contribution in [-0.4, -0.2) is 33.3 Å². The fourth-order valence-corrected chi connectivity index (χ4v) is 3.97. The molecule has 0 aromatic heterocycles. The lowest BCUT2D eigenvalue weighted by molar-refractivity contribution is -0.180. The van der Waals surface area contributed by atoms with Crippen molar-refractivity contribution in [2.45, 2.75) is 26.2 Å². The third-order valence-corrected chi connectivity index (χ3v) is 5.08. The number of carbonyl (C=O) groups is 1. The van der Waals surface area contributed by atoms with Crippen LogP contribution in [0, 0.1) is 13.8 Å². The molecule has 2 aliphatic rings. The van der Waals surface area contributed by atoms with E-state index >= 15 is 0 Å². The molecule has 0 saturated carbocycles. The van der Waals surface area contributed by atoms with E-state index in [0.717, 1.165) is 27.9 Å². The van der Waals surface area contributed by atoms with Crippen molar-refractivity contribution in [3.8, 4) is 11.5 Å². The number of anilines is 1. The number of fused-ring (bicyclic) bond motifs is 2. The molecule has 1 spiro atoms. The van der Waals surface area contributed by atoms with Crippen LogP contribution in [0.15, 0.2) is 30.3 Å². The van der Waals surface area contributed by atoms with Crippen LogP contribution in [0.5, 0.6) is 11.5 Å². The molecule has 6 nitrogen and oxygen atoms in total. The molecule has 0 bridgehead atoms. The van der Waals surface area contributed by atoms with Crippen LogP contribution in [-0.2, 0) is 26.6 Å². The van der Waals surface area contributed by atoms with Gasteiger partial charge in [-0.3, -0.25) is 4.79 Å². The van der Waals surface area contributed by atoms with E-state index in [1.165, 1.54) is 0 Å². The molecule has 0 radical (unpaired) electrons. The summed E-state index contributed by atoms with van der Waals surface area (Å²) in [5.41, 5.74) is 4.69. The van der Waals surface area contributed by atoms with E-state index in [1.54, 1.807) is 19.1 Å². The molecule has 0 N–H and O–H groups in total. The van der Waals surface area contributed by atoms with Crippen molar-refractivity contribution in [2.75, 3.05) is 32.3 Å². The van der Waals surface area contributed by atoms with E-state index in [1.807, 2.05) is 38.1 Å². The van der Waals surface area contributed by atoms with Gasteiger partial charge in [0.2, 0.25) is 0 Å². The lowest BCUT2D eigenvalue weighted by Gasteiger charge is -2.22. The third kappa shape index (κ3) is 2.67. The summed E-state index contributed by atoms with van der Waals surface area (Å²) in [6, 6.07) is 9.72. The number of rotatable bonds is 4. The standard InChI is InChI=1S/C21H23NO5/c1-13-9-14(2)19-16(10-13)21(26-7-8-27-21)20(23)22(19)12-15-5-6-17(24-3)18(11-15)25-4/h5-6,9-11H,7-8,12H2,1-4H3. The number of benzene rings is 2. The molecule has 1 amide bonds. The van der Waals surface area contributed by atoms with E-state index in [-0.39, 0.29) is 5.91 Å². The summed E-state index contributed by atoms with van der Waals surface area (Å²) in [6.45, 7) is 5.22. The van der Waals surface area contributed by atoms with Crippen molar-refractivity contribution < 1.29 is 23.7 Å². The molecule has 0 unspecified atom stereocenters. The average molecular weight is 369 g/mol. The molecule has 0 aliphatic carbocycles. The summed E-state index contributed by atoms with van der Waals surface area (Å²) in [7, 11) is 3.20. The van der Waals surface area contributed by atoms with Crippen LogP contribution in [0.3, 0.4) is 0 Å². The number of ether oxygens (including phenoxy) is 4. The number of hydrogen-bond donors (Lipinski definition) is 0. The highest BCUT2D eigenvalue weighted by molar-refractivity contribution is 6.07. The quantitative estimate of drug-likeness (QED) is 0.829. The lowest BCUT2D eigenvalue weighted by Crippen LogP contribution is -2.41. The van der Waals surface area contributed by atoms with Gasteiger partial charge in [0.05, 0.1) is 39.7 Å². The number of amides is 1. The molecule has 1 saturated heterocycles. The molecule has 142 valence electrons. The number of nitrogens with zero attached hydrogens (tertiary/aromatic N) is 1. The Bertz CT molecular complexity index is 902. The first-order chi connectivity index (χ1) is 13.0. The topological polar surface area (TPSA) is 57.2 Å². The first-order valence-electron chi connectivity index (χ1n) is 8.92. The van der Waals surface area contributed by atoms with E-state index in [4.69, 9.17) is 18.9 Å². The zero-order valence-corrected chi connectivity index (χ0v) is 16.0. The van der Waals surface area contributed by atoms with Gasteiger partial charge in [0.25, 0.3) is 11.7 Å². The highest BCUT2D eigenvalue weighted by atomic mass is 16.7. The van der Waals surface area contributed by atoms with Crippen molar-refractivity contribution in [2.24, 2.45) is 0 Å². The molecule has 27 heavy (non-hydrogen) atoms. The summed E-state index contributed by atoms with van der Waals surface area (Å²) in [4.78, 5) is 15.1. The predicted octanol–water partition coefficient (Wildman–Crippen LogP) is 3.07. The Morgan fingerprint density at radius 2 is 1.74 bits per heavy atom. The van der Waals surface area contributed by atoms with E-state index < -0.39 is 5.79 Å². The van der Waals surface area contributed by atoms with Crippen LogP contribution in [0.1, 0.15) is 22.3 Å². The van der Waals surface area contributed by atoms with E-state index in [2.05, 4.69) is 6.07 Å². The van der Waals surface area contributed by atoms with Gasteiger partial charge in [-0.05, 0) is 43.2 Å². The van der Waals surface area contributed by atoms with Crippen molar-refractivity contribution in [1.29, 1.82) is 0 Å². The third-order valence-electron chi connectivity index (χ3n) is 5.08. The van der Waals surface area contributed by atoms with Gasteiger partial charge in [0, 0.05) is 5.56 Å². The molecule has 6 heteroatoms. The zero-order valence-electron chi connectivity index (χ0n) is 16.0. The fraction of sp³-hybridized carbons (Fsp3) is 0.381. The molecular formula is C21H23NO5. The smallest absolute Gasteiger partial charge is 0.292 e. The van der Waals surface area contributed by atoms with Crippen molar-refractivity contribution in [1.82, 2.24) is 0 Å². The minimum absolute atomic E-state index is 0.182. The maximum Gasteiger partial charge on any atom is 0.292 e. The SMILES string of the molecule is COc1ccc(CN2C(=O)C3(OCCO3)c3cc(C)cc(C)c32)cc1OC. The minimum Gasteiger partial charge on any atom is -0.493 e. The van der Waals surface area contributed by atoms with Crippen LogP contribution in [0.25, 0.3) is 0 Å². The Hall–Kier alpha value is -2.57. The molecule has 1 fully saturated rings. The molecular weight excluding hydrogens is 346 g/mol. The summed E-state index contributed by atoms with van der Waals surface area (Å²) in [6.07, 6.45) is 0. The van der Waals surface area contributed by atoms with Crippen LogP contribution < -0.4 is 14.4 Å². The van der Waals surface area contributed by atoms with E-state index in [0.29, 0.717) is 31.3 Å². The Morgan fingerprint density at radius 3 is 2.41 bits per heavy atom. The normalized spacial score (nSPS) is 17.5. The van der Waals surface area contributed by atoms with Gasteiger partial charge in [-0.15, -0.1) is 0 Å². The second-order valence-electron chi connectivity index (χ2n) is 6.87. The largest absolute Gasteiger partial charge is 0.493 e. The average Bonchev–Trinajstić information content (AvgIpc) is 3.23. The van der Waals surface area contributed by atoms with Gasteiger partial charge in [0.15, 0.2) is 11.5 Å². The van der Waals surface area contributed by atoms with Gasteiger partial charge in [-0.2, -0.15) is 0 Å². The highest BCUT2D eigenvalue weighted by Gasteiger charge is 2.56. The fourth-order valence-electron chi connectivity index (χ4n) is 3.97. The molecule has 2 aromatic rings. The van der Waals surface area contributed by atoms with Gasteiger partial charge in [0.1, 0.15) is 0 Å². The molecule has 2 aliphatic heterocycles. The molecule has 4 rings (SSSR count). The number of hydrogen-bond acceptors (Lipinski definition) is 5. The first-order valence-corrected chi connectivity index (χ1v) is 8.92. The van der Waals surface area contributed by atoms with Crippen LogP contribution in [0.2, 0.25) is 0 Å². The first kappa shape index (κ1) is 17.8. The molecule has 0 atom stereocenters. The van der Waals surface area contributed by atoms with Gasteiger partial charge >= 0.3 is 0 Å². The monoisotopic (exact) mass is 369 g/mol. The maximum atomic E-state index is 13.4. The Kier molecular flexibility index (Phi) is 4.32. The number of carbonyl (C=O) groups excluding carboxylic acids is 1. The number of methoxy groups -OCH3 is 2. The zero-order chi connectivity index (χ0) is 19.2. The minimum atomic E-state index is -1.32. The van der Waals surface area contributed by atoms with E-state index in [9.17, 15) is 4.79 Å². The Morgan fingerprint density at radius 1 is 1.04 bits per heavy atom. The number of aryl methyl sites for hydroxylation is 2. The second-order valence-corrected chi connectivity index (χ2v) is 6.87. The van der Waals surface area contributed by atoms with Crippen molar-refractivity contribution in [3.05, 3.63) is 52.6 Å². The summed E-state index contributed by atoms with van der Waals surface area (Å²) >= 11 is 0. The predicted molar refractivity (Wildman–Crippen MR) is 100 cm³/mol. The van der Waals surface area contributed by atoms with Crippen LogP contribution >= 0.6 is 0 Å². The summed E-state index contributed by atoms with van der Waals surface area (Å²) < 4.78 is 22.4. The van der Waals surface area contributed by atoms with Crippen molar-refractivity contribution in [3.63, 3.8) is 0 Å².